The number of hydrogen-bond donors (Lipinski definition) is 2. The molecule has 3 rings (SSSR count). The molecule has 0 aliphatic carbocycles. The number of anilines is 2. The van der Waals surface area contributed by atoms with Crippen LogP contribution in [0, 0.1) is 0 Å². The van der Waals surface area contributed by atoms with Crippen molar-refractivity contribution in [2.24, 2.45) is 0 Å². The molecule has 8 nitrogen and oxygen atoms in total. The minimum atomic E-state index is -0.487. The number of aromatic nitrogens is 3. The van der Waals surface area contributed by atoms with Crippen LogP contribution < -0.4 is 10.6 Å². The van der Waals surface area contributed by atoms with Gasteiger partial charge in [-0.25, -0.2) is 19.7 Å². The first-order valence-corrected chi connectivity index (χ1v) is 11.2. The SMILES string of the molecule is CCOC(=O)c1cnc(SC)nc1Nc1nc(-c2ccc(CNC(C)=O)cc2)cs1. The number of esters is 1. The first-order chi connectivity index (χ1) is 14.5. The van der Waals surface area contributed by atoms with Gasteiger partial charge in [0.25, 0.3) is 0 Å². The molecule has 0 saturated carbocycles. The third kappa shape index (κ3) is 5.55. The Morgan fingerprint density at radius 3 is 2.63 bits per heavy atom. The highest BCUT2D eigenvalue weighted by molar-refractivity contribution is 7.98. The molecule has 1 aromatic carbocycles. The highest BCUT2D eigenvalue weighted by atomic mass is 32.2. The summed E-state index contributed by atoms with van der Waals surface area (Å²) < 4.78 is 5.09. The van der Waals surface area contributed by atoms with Gasteiger partial charge in [-0.3, -0.25) is 4.79 Å². The van der Waals surface area contributed by atoms with Gasteiger partial charge in [0, 0.05) is 30.6 Å². The van der Waals surface area contributed by atoms with Crippen molar-refractivity contribution in [2.45, 2.75) is 25.5 Å². The van der Waals surface area contributed by atoms with Crippen molar-refractivity contribution in [3.05, 3.63) is 47.0 Å². The molecule has 10 heteroatoms. The van der Waals surface area contributed by atoms with Gasteiger partial charge in [-0.05, 0) is 18.7 Å². The van der Waals surface area contributed by atoms with Crippen LogP contribution in [0.15, 0.2) is 41.0 Å². The van der Waals surface area contributed by atoms with Crippen LogP contribution >= 0.6 is 23.1 Å². The Balaban J connectivity index is 1.78. The van der Waals surface area contributed by atoms with Crippen LogP contribution in [-0.4, -0.2) is 39.7 Å². The molecule has 156 valence electrons. The van der Waals surface area contributed by atoms with Crippen LogP contribution in [0.1, 0.15) is 29.8 Å². The van der Waals surface area contributed by atoms with E-state index in [1.165, 1.54) is 36.2 Å². The zero-order valence-electron chi connectivity index (χ0n) is 16.8. The van der Waals surface area contributed by atoms with E-state index in [-0.39, 0.29) is 18.1 Å². The number of rotatable bonds is 8. The largest absolute Gasteiger partial charge is 0.462 e. The maximum Gasteiger partial charge on any atom is 0.343 e. The van der Waals surface area contributed by atoms with Crippen LogP contribution in [0.4, 0.5) is 10.9 Å². The molecule has 0 bridgehead atoms. The highest BCUT2D eigenvalue weighted by Crippen LogP contribution is 2.28. The molecule has 0 aliphatic rings. The third-order valence-electron chi connectivity index (χ3n) is 3.97. The Kier molecular flexibility index (Phi) is 7.36. The standard InChI is InChI=1S/C20H21N5O3S2/c1-4-28-18(27)15-10-22-19(29-3)24-17(15)25-20-23-16(11-30-20)14-7-5-13(6-8-14)9-21-12(2)26/h5-8,10-11H,4,9H2,1-3H3,(H,21,26)(H,22,23,24,25). The van der Waals surface area contributed by atoms with E-state index in [4.69, 9.17) is 4.74 Å². The highest BCUT2D eigenvalue weighted by Gasteiger charge is 2.17. The molecular formula is C20H21N5O3S2. The number of carbonyl (C=O) groups excluding carboxylic acids is 2. The summed E-state index contributed by atoms with van der Waals surface area (Å²) in [6.07, 6.45) is 3.32. The van der Waals surface area contributed by atoms with E-state index < -0.39 is 5.97 Å². The number of nitrogens with zero attached hydrogens (tertiary/aromatic N) is 3. The lowest BCUT2D eigenvalue weighted by Gasteiger charge is -2.09. The second kappa shape index (κ2) is 10.2. The van der Waals surface area contributed by atoms with E-state index in [1.54, 1.807) is 6.92 Å². The summed E-state index contributed by atoms with van der Waals surface area (Å²) in [6, 6.07) is 7.81. The number of thioether (sulfide) groups is 1. The minimum absolute atomic E-state index is 0.0640. The summed E-state index contributed by atoms with van der Waals surface area (Å²) in [5, 5.41) is 8.95. The Labute approximate surface area is 182 Å². The van der Waals surface area contributed by atoms with Gasteiger partial charge >= 0.3 is 5.97 Å². The monoisotopic (exact) mass is 443 g/mol. The molecule has 0 spiro atoms. The lowest BCUT2D eigenvalue weighted by atomic mass is 10.1. The van der Waals surface area contributed by atoms with Crippen molar-refractivity contribution in [3.63, 3.8) is 0 Å². The molecule has 3 aromatic rings. The van der Waals surface area contributed by atoms with Gasteiger partial charge in [0.2, 0.25) is 5.91 Å². The number of amides is 1. The molecule has 2 N–H and O–H groups in total. The maximum atomic E-state index is 12.2. The summed E-state index contributed by atoms with van der Waals surface area (Å²) in [6.45, 7) is 3.99. The zero-order valence-corrected chi connectivity index (χ0v) is 18.4. The fourth-order valence-electron chi connectivity index (χ4n) is 2.50. The average Bonchev–Trinajstić information content (AvgIpc) is 3.21. The van der Waals surface area contributed by atoms with Crippen molar-refractivity contribution >= 4 is 45.9 Å². The van der Waals surface area contributed by atoms with E-state index in [0.717, 1.165) is 16.8 Å². The smallest absolute Gasteiger partial charge is 0.343 e. The summed E-state index contributed by atoms with van der Waals surface area (Å²) in [7, 11) is 0. The zero-order chi connectivity index (χ0) is 21.5. The Morgan fingerprint density at radius 2 is 1.97 bits per heavy atom. The fourth-order valence-corrected chi connectivity index (χ4v) is 3.56. The Morgan fingerprint density at radius 1 is 1.20 bits per heavy atom. The molecule has 2 heterocycles. The van der Waals surface area contributed by atoms with E-state index in [0.29, 0.717) is 22.7 Å². The number of benzene rings is 1. The second-order valence-corrected chi connectivity index (χ2v) is 7.74. The molecule has 0 atom stereocenters. The molecule has 0 fully saturated rings. The maximum absolute atomic E-state index is 12.2. The first kappa shape index (κ1) is 21.7. The summed E-state index contributed by atoms with van der Waals surface area (Å²) in [5.41, 5.74) is 3.01. The predicted octanol–water partition coefficient (Wildman–Crippen LogP) is 3.88. The summed E-state index contributed by atoms with van der Waals surface area (Å²) in [5.74, 6) is -0.190. The number of carbonyl (C=O) groups is 2. The molecule has 0 saturated heterocycles. The van der Waals surface area contributed by atoms with Crippen LogP contribution in [0.3, 0.4) is 0 Å². The predicted molar refractivity (Wildman–Crippen MR) is 118 cm³/mol. The third-order valence-corrected chi connectivity index (χ3v) is 5.28. The number of ether oxygens (including phenoxy) is 1. The van der Waals surface area contributed by atoms with Gasteiger partial charge in [-0.2, -0.15) is 0 Å². The van der Waals surface area contributed by atoms with Gasteiger partial charge < -0.3 is 15.4 Å². The number of nitrogens with one attached hydrogen (secondary N) is 2. The van der Waals surface area contributed by atoms with Crippen LogP contribution in [0.5, 0.6) is 0 Å². The molecule has 30 heavy (non-hydrogen) atoms. The minimum Gasteiger partial charge on any atom is -0.462 e. The van der Waals surface area contributed by atoms with Crippen LogP contribution in [-0.2, 0) is 16.1 Å². The number of hydrogen-bond acceptors (Lipinski definition) is 9. The van der Waals surface area contributed by atoms with E-state index in [1.807, 2.05) is 35.9 Å². The quantitative estimate of drug-likeness (QED) is 0.307. The topological polar surface area (TPSA) is 106 Å². The normalized spacial score (nSPS) is 10.5. The van der Waals surface area contributed by atoms with Gasteiger partial charge in [0.1, 0.15) is 5.56 Å². The molecule has 2 aromatic heterocycles. The number of thiazole rings is 1. The summed E-state index contributed by atoms with van der Waals surface area (Å²) >= 11 is 2.79. The molecule has 1 amide bonds. The second-order valence-electron chi connectivity index (χ2n) is 6.11. The van der Waals surface area contributed by atoms with Crippen molar-refractivity contribution in [2.75, 3.05) is 18.2 Å². The van der Waals surface area contributed by atoms with Crippen LogP contribution in [0.25, 0.3) is 11.3 Å². The van der Waals surface area contributed by atoms with E-state index in [2.05, 4.69) is 25.6 Å². The van der Waals surface area contributed by atoms with Gasteiger partial charge in [-0.1, -0.05) is 36.0 Å². The van der Waals surface area contributed by atoms with Crippen molar-refractivity contribution in [1.29, 1.82) is 0 Å². The lowest BCUT2D eigenvalue weighted by molar-refractivity contribution is -0.119. The average molecular weight is 444 g/mol. The van der Waals surface area contributed by atoms with Gasteiger partial charge in [0.15, 0.2) is 16.1 Å². The summed E-state index contributed by atoms with van der Waals surface area (Å²) in [4.78, 5) is 36.4. The first-order valence-electron chi connectivity index (χ1n) is 9.14. The lowest BCUT2D eigenvalue weighted by Crippen LogP contribution is -2.18. The van der Waals surface area contributed by atoms with Crippen LogP contribution in [0.2, 0.25) is 0 Å². The molecule has 0 radical (unpaired) electrons. The van der Waals surface area contributed by atoms with Gasteiger partial charge in [0.05, 0.1) is 12.3 Å². The van der Waals surface area contributed by atoms with Crippen molar-refractivity contribution in [1.82, 2.24) is 20.3 Å². The van der Waals surface area contributed by atoms with E-state index >= 15 is 0 Å². The Bertz CT molecular complexity index is 1040. The van der Waals surface area contributed by atoms with Crippen molar-refractivity contribution < 1.29 is 14.3 Å². The Hall–Kier alpha value is -2.98. The van der Waals surface area contributed by atoms with Gasteiger partial charge in [-0.15, -0.1) is 11.3 Å². The molecule has 0 unspecified atom stereocenters. The fraction of sp³-hybridized carbons (Fsp3) is 0.250. The molecular weight excluding hydrogens is 422 g/mol. The van der Waals surface area contributed by atoms with E-state index in [9.17, 15) is 9.59 Å². The van der Waals surface area contributed by atoms with Crippen molar-refractivity contribution in [3.8, 4) is 11.3 Å². The molecule has 0 aliphatic heterocycles.